The third-order valence-corrected chi connectivity index (χ3v) is 2.13. The molecule has 82 valence electrons. The first-order chi connectivity index (χ1) is 7.22. The summed E-state index contributed by atoms with van der Waals surface area (Å²) in [6, 6.07) is 7.66. The first-order valence-corrected chi connectivity index (χ1v) is 4.86. The molecular formula is C12H14F2O. The second-order valence-electron chi connectivity index (χ2n) is 3.23. The fourth-order valence-electron chi connectivity index (χ4n) is 1.31. The van der Waals surface area contributed by atoms with Crippen molar-refractivity contribution >= 4 is 0 Å². The lowest BCUT2D eigenvalue weighted by atomic mass is 10.1. The second-order valence-corrected chi connectivity index (χ2v) is 3.23. The maximum atomic E-state index is 11.7. The quantitative estimate of drug-likeness (QED) is 0.674. The van der Waals surface area contributed by atoms with E-state index in [1.54, 1.807) is 7.11 Å². The minimum absolute atomic E-state index is 0.425. The Bertz CT molecular complexity index is 313. The third kappa shape index (κ3) is 4.58. The number of aryl methyl sites for hydroxylation is 1. The predicted molar refractivity (Wildman–Crippen MR) is 56.2 cm³/mol. The van der Waals surface area contributed by atoms with E-state index >= 15 is 0 Å². The van der Waals surface area contributed by atoms with Crippen LogP contribution in [0.5, 0.6) is 5.75 Å². The Morgan fingerprint density at radius 1 is 1.27 bits per heavy atom. The zero-order chi connectivity index (χ0) is 11.1. The second kappa shape index (κ2) is 6.17. The van der Waals surface area contributed by atoms with Crippen LogP contribution in [-0.2, 0) is 6.42 Å². The van der Waals surface area contributed by atoms with Gasteiger partial charge in [0.15, 0.2) is 0 Å². The van der Waals surface area contributed by atoms with Crippen molar-refractivity contribution in [2.24, 2.45) is 0 Å². The number of benzene rings is 1. The van der Waals surface area contributed by atoms with E-state index in [0.29, 0.717) is 6.42 Å². The number of hydrogen-bond donors (Lipinski definition) is 0. The monoisotopic (exact) mass is 212 g/mol. The van der Waals surface area contributed by atoms with Gasteiger partial charge in [-0.15, -0.1) is 0 Å². The molecule has 0 aliphatic rings. The van der Waals surface area contributed by atoms with Crippen molar-refractivity contribution in [2.75, 3.05) is 7.11 Å². The lowest BCUT2D eigenvalue weighted by Gasteiger charge is -2.02. The van der Waals surface area contributed by atoms with E-state index in [-0.39, 0.29) is 0 Å². The molecule has 1 aromatic rings. The van der Waals surface area contributed by atoms with Gasteiger partial charge in [0.25, 0.3) is 6.08 Å². The van der Waals surface area contributed by atoms with Crippen LogP contribution < -0.4 is 4.74 Å². The largest absolute Gasteiger partial charge is 0.497 e. The van der Waals surface area contributed by atoms with Gasteiger partial charge in [-0.05, 0) is 43.0 Å². The van der Waals surface area contributed by atoms with Crippen molar-refractivity contribution in [3.8, 4) is 5.75 Å². The molecule has 1 aromatic carbocycles. The lowest BCUT2D eigenvalue weighted by Crippen LogP contribution is -1.86. The van der Waals surface area contributed by atoms with Crippen LogP contribution in [0, 0.1) is 0 Å². The molecular weight excluding hydrogens is 198 g/mol. The predicted octanol–water partition coefficient (Wildman–Crippen LogP) is 3.80. The normalized spacial score (nSPS) is 9.80. The minimum atomic E-state index is -1.59. The van der Waals surface area contributed by atoms with Crippen LogP contribution in [0.3, 0.4) is 0 Å². The Hall–Kier alpha value is -1.38. The standard InChI is InChI=1S/C12H14F2O/c1-15-11-8-6-10(7-9-11)4-2-3-5-12(13)14/h5-9H,2-4H2,1H3. The molecule has 0 fully saturated rings. The third-order valence-electron chi connectivity index (χ3n) is 2.13. The van der Waals surface area contributed by atoms with Crippen molar-refractivity contribution in [2.45, 2.75) is 19.3 Å². The van der Waals surface area contributed by atoms with E-state index in [0.717, 1.165) is 30.2 Å². The number of unbranched alkanes of at least 4 members (excludes halogenated alkanes) is 1. The van der Waals surface area contributed by atoms with Crippen LogP contribution in [0.4, 0.5) is 8.78 Å². The van der Waals surface area contributed by atoms with E-state index in [1.807, 2.05) is 24.3 Å². The summed E-state index contributed by atoms with van der Waals surface area (Å²) in [6.07, 6.45) is 1.35. The molecule has 0 spiro atoms. The van der Waals surface area contributed by atoms with Crippen molar-refractivity contribution in [1.29, 1.82) is 0 Å². The van der Waals surface area contributed by atoms with Gasteiger partial charge in [0.05, 0.1) is 7.11 Å². The van der Waals surface area contributed by atoms with Crippen LogP contribution >= 0.6 is 0 Å². The van der Waals surface area contributed by atoms with Gasteiger partial charge in [-0.1, -0.05) is 12.1 Å². The molecule has 0 N–H and O–H groups in total. The molecule has 0 saturated heterocycles. The number of methoxy groups -OCH3 is 1. The highest BCUT2D eigenvalue weighted by molar-refractivity contribution is 5.27. The molecule has 0 radical (unpaired) electrons. The molecule has 0 saturated carbocycles. The van der Waals surface area contributed by atoms with Gasteiger partial charge in [-0.3, -0.25) is 0 Å². The fraction of sp³-hybridized carbons (Fsp3) is 0.333. The maximum absolute atomic E-state index is 11.7. The molecule has 0 aromatic heterocycles. The van der Waals surface area contributed by atoms with Gasteiger partial charge in [0.1, 0.15) is 5.75 Å². The Morgan fingerprint density at radius 2 is 1.93 bits per heavy atom. The highest BCUT2D eigenvalue weighted by atomic mass is 19.3. The topological polar surface area (TPSA) is 9.23 Å². The molecule has 0 amide bonds. The zero-order valence-electron chi connectivity index (χ0n) is 8.67. The SMILES string of the molecule is COc1ccc(CCCC=C(F)F)cc1. The van der Waals surface area contributed by atoms with Crippen molar-refractivity contribution in [3.63, 3.8) is 0 Å². The first kappa shape index (κ1) is 11.7. The van der Waals surface area contributed by atoms with Crippen molar-refractivity contribution in [1.82, 2.24) is 0 Å². The van der Waals surface area contributed by atoms with Gasteiger partial charge in [0, 0.05) is 0 Å². The van der Waals surface area contributed by atoms with Gasteiger partial charge in [-0.25, -0.2) is 0 Å². The van der Waals surface area contributed by atoms with Crippen molar-refractivity contribution in [3.05, 3.63) is 42.0 Å². The molecule has 0 aliphatic carbocycles. The smallest absolute Gasteiger partial charge is 0.266 e. The summed E-state index contributed by atoms with van der Waals surface area (Å²) in [5.41, 5.74) is 1.14. The van der Waals surface area contributed by atoms with Crippen LogP contribution in [-0.4, -0.2) is 7.11 Å². The highest BCUT2D eigenvalue weighted by Gasteiger charge is 1.95. The molecule has 1 rings (SSSR count). The van der Waals surface area contributed by atoms with E-state index in [9.17, 15) is 8.78 Å². The van der Waals surface area contributed by atoms with E-state index in [4.69, 9.17) is 4.74 Å². The van der Waals surface area contributed by atoms with Gasteiger partial charge < -0.3 is 4.74 Å². The Balaban J connectivity index is 2.35. The Morgan fingerprint density at radius 3 is 2.47 bits per heavy atom. The number of rotatable bonds is 5. The molecule has 1 nitrogen and oxygen atoms in total. The summed E-state index contributed by atoms with van der Waals surface area (Å²) in [4.78, 5) is 0. The average molecular weight is 212 g/mol. The van der Waals surface area contributed by atoms with Crippen LogP contribution in [0.15, 0.2) is 36.4 Å². The van der Waals surface area contributed by atoms with Gasteiger partial charge >= 0.3 is 0 Å². The van der Waals surface area contributed by atoms with E-state index < -0.39 is 6.08 Å². The number of hydrogen-bond acceptors (Lipinski definition) is 1. The molecule has 0 unspecified atom stereocenters. The van der Waals surface area contributed by atoms with Crippen molar-refractivity contribution < 1.29 is 13.5 Å². The first-order valence-electron chi connectivity index (χ1n) is 4.86. The molecule has 0 aliphatic heterocycles. The summed E-state index contributed by atoms with van der Waals surface area (Å²) in [5.74, 6) is 0.813. The maximum Gasteiger partial charge on any atom is 0.266 e. The molecule has 0 heterocycles. The lowest BCUT2D eigenvalue weighted by molar-refractivity contribution is 0.414. The highest BCUT2D eigenvalue weighted by Crippen LogP contribution is 2.13. The average Bonchev–Trinajstić information content (AvgIpc) is 2.25. The summed E-state index contributed by atoms with van der Waals surface area (Å²) in [7, 11) is 1.61. The van der Waals surface area contributed by atoms with Crippen LogP contribution in [0.1, 0.15) is 18.4 Å². The van der Waals surface area contributed by atoms with E-state index in [1.165, 1.54) is 0 Å². The summed E-state index contributed by atoms with van der Waals surface area (Å²) < 4.78 is 28.4. The number of halogens is 2. The fourth-order valence-corrected chi connectivity index (χ4v) is 1.31. The summed E-state index contributed by atoms with van der Waals surface area (Å²) in [6.45, 7) is 0. The van der Waals surface area contributed by atoms with E-state index in [2.05, 4.69) is 0 Å². The zero-order valence-corrected chi connectivity index (χ0v) is 8.67. The number of ether oxygens (including phenoxy) is 1. The van der Waals surface area contributed by atoms with Crippen LogP contribution in [0.25, 0.3) is 0 Å². The minimum Gasteiger partial charge on any atom is -0.497 e. The number of allylic oxidation sites excluding steroid dienone is 1. The van der Waals surface area contributed by atoms with Gasteiger partial charge in [-0.2, -0.15) is 8.78 Å². The summed E-state index contributed by atoms with van der Waals surface area (Å²) in [5, 5.41) is 0. The molecule has 0 atom stereocenters. The van der Waals surface area contributed by atoms with Gasteiger partial charge in [0.2, 0.25) is 0 Å². The molecule has 0 bridgehead atoms. The Labute approximate surface area is 88.4 Å². The molecule has 3 heteroatoms. The molecule has 15 heavy (non-hydrogen) atoms. The van der Waals surface area contributed by atoms with Crippen LogP contribution in [0.2, 0.25) is 0 Å². The Kier molecular flexibility index (Phi) is 4.81. The summed E-state index contributed by atoms with van der Waals surface area (Å²) >= 11 is 0.